The van der Waals surface area contributed by atoms with E-state index in [1.165, 1.54) is 82.1 Å². The van der Waals surface area contributed by atoms with Crippen molar-refractivity contribution in [1.82, 2.24) is 18.3 Å². The Morgan fingerprint density at radius 3 is 1.10 bits per heavy atom. The van der Waals surface area contributed by atoms with Gasteiger partial charge < -0.3 is 18.3 Å². The fraction of sp³-hybridized carbons (Fsp3) is 0. The van der Waals surface area contributed by atoms with Crippen LogP contribution in [0.25, 0.3) is 99.2 Å². The second kappa shape index (κ2) is 10.3. The van der Waals surface area contributed by atoms with Crippen LogP contribution in [0.4, 0.5) is 0 Å². The lowest BCUT2D eigenvalue weighted by atomic mass is 10.1. The number of rotatable bonds is 4. The quantitative estimate of drug-likeness (QED) is 0.179. The molecule has 0 amide bonds. The molecule has 4 aromatic heterocycles. The van der Waals surface area contributed by atoms with Crippen LogP contribution in [0, 0.1) is 0 Å². The molecule has 0 saturated heterocycles. The number of para-hydroxylation sites is 4. The van der Waals surface area contributed by atoms with Gasteiger partial charge >= 0.3 is 0 Å². The molecule has 4 nitrogen and oxygen atoms in total. The lowest BCUT2D eigenvalue weighted by molar-refractivity contribution is 1.13. The van der Waals surface area contributed by atoms with Crippen molar-refractivity contribution in [3.05, 3.63) is 182 Å². The average molecular weight is 663 g/mol. The second-order valence-electron chi connectivity index (χ2n) is 13.8. The molecule has 0 N–H and O–H groups in total. The molecular weight excluding hydrogens is 633 g/mol. The monoisotopic (exact) mass is 662 g/mol. The first-order valence-corrected chi connectivity index (χ1v) is 17.9. The Kier molecular flexibility index (Phi) is 5.47. The number of aromatic nitrogens is 4. The van der Waals surface area contributed by atoms with E-state index < -0.39 is 0 Å². The smallest absolute Gasteiger partial charge is 0.0563 e. The van der Waals surface area contributed by atoms with Gasteiger partial charge in [0.1, 0.15) is 0 Å². The number of hydrogen-bond donors (Lipinski definition) is 0. The van der Waals surface area contributed by atoms with Crippen LogP contribution in [0.15, 0.2) is 182 Å². The van der Waals surface area contributed by atoms with Crippen LogP contribution in [-0.2, 0) is 0 Å². The van der Waals surface area contributed by atoms with Gasteiger partial charge in [-0.2, -0.15) is 0 Å². The normalized spacial score (nSPS) is 12.2. The number of fused-ring (bicyclic) bond motifs is 6. The highest BCUT2D eigenvalue weighted by atomic mass is 15.0. The van der Waals surface area contributed by atoms with Crippen molar-refractivity contribution in [3.63, 3.8) is 0 Å². The maximum absolute atomic E-state index is 2.44. The molecule has 0 aliphatic heterocycles. The molecule has 8 aromatic carbocycles. The molecule has 0 saturated carbocycles. The molecule has 0 atom stereocenters. The maximum atomic E-state index is 2.44. The van der Waals surface area contributed by atoms with Crippen LogP contribution in [0.5, 0.6) is 0 Å². The fourth-order valence-electron chi connectivity index (χ4n) is 9.06. The van der Waals surface area contributed by atoms with Crippen molar-refractivity contribution in [2.75, 3.05) is 0 Å². The van der Waals surface area contributed by atoms with E-state index >= 15 is 0 Å². The number of nitrogens with zero attached hydrogens (tertiary/aromatic N) is 4. The molecule has 52 heavy (non-hydrogen) atoms. The highest BCUT2D eigenvalue weighted by Crippen LogP contribution is 2.43. The first-order valence-electron chi connectivity index (χ1n) is 17.9. The van der Waals surface area contributed by atoms with E-state index in [1.54, 1.807) is 0 Å². The van der Waals surface area contributed by atoms with E-state index in [0.29, 0.717) is 0 Å². The first kappa shape index (κ1) is 27.7. The van der Waals surface area contributed by atoms with E-state index in [2.05, 4.69) is 200 Å². The Bertz CT molecular complexity index is 3230. The van der Waals surface area contributed by atoms with E-state index in [4.69, 9.17) is 0 Å². The molecule has 0 fully saturated rings. The third kappa shape index (κ3) is 3.60. The molecule has 0 bridgehead atoms. The molecule has 242 valence electrons. The minimum Gasteiger partial charge on any atom is -0.309 e. The summed E-state index contributed by atoms with van der Waals surface area (Å²) < 4.78 is 9.68. The van der Waals surface area contributed by atoms with Gasteiger partial charge in [-0.15, -0.1) is 0 Å². The Labute approximate surface area is 298 Å². The largest absolute Gasteiger partial charge is 0.309 e. The first-order chi connectivity index (χ1) is 25.8. The van der Waals surface area contributed by atoms with E-state index in [-0.39, 0.29) is 0 Å². The van der Waals surface area contributed by atoms with Crippen molar-refractivity contribution in [2.24, 2.45) is 0 Å². The van der Waals surface area contributed by atoms with Gasteiger partial charge in [-0.3, -0.25) is 0 Å². The Hall–Kier alpha value is -7.04. The summed E-state index contributed by atoms with van der Waals surface area (Å²) in [5.74, 6) is 0. The second-order valence-corrected chi connectivity index (χ2v) is 13.8. The topological polar surface area (TPSA) is 19.7 Å². The number of benzene rings is 8. The van der Waals surface area contributed by atoms with Gasteiger partial charge in [0.25, 0.3) is 0 Å². The summed E-state index contributed by atoms with van der Waals surface area (Å²) in [7, 11) is 0. The predicted octanol–water partition coefficient (Wildman–Crippen LogP) is 12.4. The zero-order valence-electron chi connectivity index (χ0n) is 28.1. The van der Waals surface area contributed by atoms with Crippen molar-refractivity contribution >= 4 is 76.5 Å². The Morgan fingerprint density at radius 2 is 0.558 bits per heavy atom. The van der Waals surface area contributed by atoms with Gasteiger partial charge in [0, 0.05) is 55.1 Å². The molecule has 0 unspecified atom stereocenters. The number of hydrogen-bond acceptors (Lipinski definition) is 0. The highest BCUT2D eigenvalue weighted by molar-refractivity contribution is 6.25. The van der Waals surface area contributed by atoms with Crippen molar-refractivity contribution in [1.29, 1.82) is 0 Å². The molecule has 12 rings (SSSR count). The van der Waals surface area contributed by atoms with Gasteiger partial charge in [-0.05, 0) is 91.0 Å². The van der Waals surface area contributed by atoms with Gasteiger partial charge in [0.2, 0.25) is 0 Å². The maximum Gasteiger partial charge on any atom is 0.0563 e. The third-order valence-corrected chi connectivity index (χ3v) is 11.1. The molecule has 0 radical (unpaired) electrons. The summed E-state index contributed by atoms with van der Waals surface area (Å²) in [5, 5.41) is 7.63. The van der Waals surface area contributed by atoms with Crippen molar-refractivity contribution in [3.8, 4) is 22.7 Å². The van der Waals surface area contributed by atoms with Gasteiger partial charge in [-0.1, -0.05) is 91.0 Å². The SMILES string of the molecule is c1ccc(-n2c3cccc4c3c3c2cccc3n4-c2cccc(-n3c4ccccc4c4cc(-n5c6ccccc6c6ccccc65)ccc43)c2)cc1. The average Bonchev–Trinajstić information content (AvgIpc) is 3.94. The van der Waals surface area contributed by atoms with E-state index in [1.807, 2.05) is 0 Å². The van der Waals surface area contributed by atoms with Gasteiger partial charge in [0.15, 0.2) is 0 Å². The molecule has 0 aliphatic carbocycles. The summed E-state index contributed by atoms with van der Waals surface area (Å²) in [6.45, 7) is 0. The zero-order valence-corrected chi connectivity index (χ0v) is 28.1. The van der Waals surface area contributed by atoms with Crippen molar-refractivity contribution < 1.29 is 0 Å². The van der Waals surface area contributed by atoms with Gasteiger partial charge in [-0.25, -0.2) is 0 Å². The van der Waals surface area contributed by atoms with Crippen LogP contribution in [0.1, 0.15) is 0 Å². The molecule has 4 heterocycles. The summed E-state index contributed by atoms with van der Waals surface area (Å²) in [6, 6.07) is 66.4. The minimum atomic E-state index is 1.14. The Balaban J connectivity index is 1.08. The fourth-order valence-corrected chi connectivity index (χ4v) is 9.06. The minimum absolute atomic E-state index is 1.14. The van der Waals surface area contributed by atoms with E-state index in [0.717, 1.165) is 17.1 Å². The summed E-state index contributed by atoms with van der Waals surface area (Å²) in [4.78, 5) is 0. The van der Waals surface area contributed by atoms with Crippen LogP contribution < -0.4 is 0 Å². The lowest BCUT2D eigenvalue weighted by Gasteiger charge is -2.14. The third-order valence-electron chi connectivity index (χ3n) is 11.1. The lowest BCUT2D eigenvalue weighted by Crippen LogP contribution is -2.00. The molecule has 0 aliphatic rings. The zero-order chi connectivity index (χ0) is 33.9. The van der Waals surface area contributed by atoms with Crippen LogP contribution in [0.3, 0.4) is 0 Å². The van der Waals surface area contributed by atoms with E-state index in [9.17, 15) is 0 Å². The summed E-state index contributed by atoms with van der Waals surface area (Å²) in [6.07, 6.45) is 0. The molecule has 12 aromatic rings. The summed E-state index contributed by atoms with van der Waals surface area (Å²) >= 11 is 0. The highest BCUT2D eigenvalue weighted by Gasteiger charge is 2.23. The predicted molar refractivity (Wildman–Crippen MR) is 217 cm³/mol. The van der Waals surface area contributed by atoms with Crippen LogP contribution >= 0.6 is 0 Å². The van der Waals surface area contributed by atoms with Gasteiger partial charge in [0.05, 0.1) is 44.1 Å². The van der Waals surface area contributed by atoms with Crippen molar-refractivity contribution in [2.45, 2.75) is 0 Å². The van der Waals surface area contributed by atoms with Crippen LogP contribution in [0.2, 0.25) is 0 Å². The summed E-state index contributed by atoms with van der Waals surface area (Å²) in [5.41, 5.74) is 14.3. The Morgan fingerprint density at radius 1 is 0.212 bits per heavy atom. The molecule has 4 heteroatoms. The van der Waals surface area contributed by atoms with Crippen LogP contribution in [-0.4, -0.2) is 18.3 Å². The molecule has 0 spiro atoms. The standard InChI is InChI=1S/C48H30N4/c1-2-13-31(14-3-1)49-43-23-11-25-45-47(43)48-44(49)24-12-26-46(48)52(45)33-16-10-15-32(29-33)50-41-22-9-6-19-37(41)38-30-34(27-28-42(38)50)51-39-20-7-4-17-35(39)36-18-5-8-21-40(36)51/h1-30H. The molecular formula is C48H30N4.